The van der Waals surface area contributed by atoms with E-state index in [4.69, 9.17) is 4.74 Å². The normalized spacial score (nSPS) is 10.7. The predicted octanol–water partition coefficient (Wildman–Crippen LogP) is 4.28. The van der Waals surface area contributed by atoms with Crippen LogP contribution in [0.25, 0.3) is 10.2 Å². The van der Waals surface area contributed by atoms with Crippen LogP contribution in [0, 0.1) is 5.82 Å². The van der Waals surface area contributed by atoms with Crippen molar-refractivity contribution in [2.24, 2.45) is 0 Å². The van der Waals surface area contributed by atoms with Gasteiger partial charge in [-0.3, -0.25) is 14.7 Å². The number of hydrogen-bond donors (Lipinski definition) is 3. The summed E-state index contributed by atoms with van der Waals surface area (Å²) in [6, 6.07) is 13.8. The highest BCUT2D eigenvalue weighted by molar-refractivity contribution is 7.20. The first-order valence-electron chi connectivity index (χ1n) is 8.54. The van der Waals surface area contributed by atoms with Gasteiger partial charge in [0.1, 0.15) is 16.4 Å². The standard InChI is InChI=1S/C20H15FN4O3S/c1-28-14-8-6-13(7-9-14)22-19(27)16-10-15-17(24-25-20(15)29-16)23-18(26)11-2-4-12(21)5-3-11/h2-10H,1H3,(H,22,27)(H2,23,24,25,26). The molecule has 0 atom stereocenters. The number of amides is 2. The van der Waals surface area contributed by atoms with Crippen LogP contribution in [0.4, 0.5) is 15.9 Å². The average Bonchev–Trinajstić information content (AvgIpc) is 3.31. The molecule has 2 aromatic heterocycles. The second-order valence-corrected chi connectivity index (χ2v) is 7.12. The van der Waals surface area contributed by atoms with Crippen molar-refractivity contribution in [3.8, 4) is 5.75 Å². The van der Waals surface area contributed by atoms with Crippen LogP contribution in [0.15, 0.2) is 54.6 Å². The lowest BCUT2D eigenvalue weighted by molar-refractivity contribution is 0.102. The fourth-order valence-electron chi connectivity index (χ4n) is 2.67. The largest absolute Gasteiger partial charge is 0.497 e. The first kappa shape index (κ1) is 18.6. The molecule has 0 saturated heterocycles. The Morgan fingerprint density at radius 1 is 1.03 bits per heavy atom. The smallest absolute Gasteiger partial charge is 0.265 e. The fraction of sp³-hybridized carbons (Fsp3) is 0.0500. The highest BCUT2D eigenvalue weighted by Gasteiger charge is 2.17. The van der Waals surface area contributed by atoms with E-state index >= 15 is 0 Å². The van der Waals surface area contributed by atoms with Gasteiger partial charge in [0.25, 0.3) is 11.8 Å². The minimum atomic E-state index is -0.422. The van der Waals surface area contributed by atoms with Crippen molar-refractivity contribution < 1.29 is 18.7 Å². The third-order valence-corrected chi connectivity index (χ3v) is 5.20. The molecule has 2 heterocycles. The molecule has 3 N–H and O–H groups in total. The molecule has 0 spiro atoms. The Bertz CT molecular complexity index is 1180. The molecular weight excluding hydrogens is 395 g/mol. The molecule has 0 aliphatic carbocycles. The van der Waals surface area contributed by atoms with E-state index < -0.39 is 11.7 Å². The zero-order valence-corrected chi connectivity index (χ0v) is 16.0. The summed E-state index contributed by atoms with van der Waals surface area (Å²) in [5, 5.41) is 13.0. The maximum Gasteiger partial charge on any atom is 0.265 e. The van der Waals surface area contributed by atoms with Crippen LogP contribution in [0.3, 0.4) is 0 Å². The van der Waals surface area contributed by atoms with Gasteiger partial charge in [-0.05, 0) is 54.6 Å². The summed E-state index contributed by atoms with van der Waals surface area (Å²) in [6.45, 7) is 0. The number of carbonyl (C=O) groups excluding carboxylic acids is 2. The summed E-state index contributed by atoms with van der Waals surface area (Å²) >= 11 is 1.22. The lowest BCUT2D eigenvalue weighted by atomic mass is 10.2. The van der Waals surface area contributed by atoms with Gasteiger partial charge in [-0.25, -0.2) is 4.39 Å². The van der Waals surface area contributed by atoms with Crippen molar-refractivity contribution in [1.29, 1.82) is 0 Å². The quantitative estimate of drug-likeness (QED) is 0.458. The number of nitrogens with zero attached hydrogens (tertiary/aromatic N) is 1. The molecule has 0 aliphatic heterocycles. The average molecular weight is 410 g/mol. The molecule has 2 amide bonds. The SMILES string of the molecule is COc1ccc(NC(=O)c2cc3c(NC(=O)c4ccc(F)cc4)n[nH]c3s2)cc1. The molecule has 0 fully saturated rings. The number of aromatic amines is 1. The van der Waals surface area contributed by atoms with Gasteiger partial charge in [-0.15, -0.1) is 11.3 Å². The highest BCUT2D eigenvalue weighted by Crippen LogP contribution is 2.30. The number of aromatic nitrogens is 2. The van der Waals surface area contributed by atoms with E-state index in [0.29, 0.717) is 37.9 Å². The van der Waals surface area contributed by atoms with Crippen LogP contribution in [0.1, 0.15) is 20.0 Å². The van der Waals surface area contributed by atoms with Gasteiger partial charge in [0, 0.05) is 11.3 Å². The Hall–Kier alpha value is -3.72. The minimum absolute atomic E-state index is 0.277. The van der Waals surface area contributed by atoms with Gasteiger partial charge in [0.05, 0.1) is 17.4 Å². The number of methoxy groups -OCH3 is 1. The molecule has 0 aliphatic rings. The molecule has 2 aromatic carbocycles. The first-order chi connectivity index (χ1) is 14.0. The van der Waals surface area contributed by atoms with Gasteiger partial charge < -0.3 is 15.4 Å². The van der Waals surface area contributed by atoms with E-state index in [2.05, 4.69) is 20.8 Å². The second kappa shape index (κ2) is 7.72. The van der Waals surface area contributed by atoms with Crippen LogP contribution in [-0.4, -0.2) is 29.1 Å². The van der Waals surface area contributed by atoms with Crippen LogP contribution in [-0.2, 0) is 0 Å². The zero-order chi connectivity index (χ0) is 20.4. The third-order valence-electron chi connectivity index (χ3n) is 4.17. The molecule has 0 radical (unpaired) electrons. The zero-order valence-electron chi connectivity index (χ0n) is 15.2. The van der Waals surface area contributed by atoms with Crippen molar-refractivity contribution in [1.82, 2.24) is 10.2 Å². The molecule has 0 saturated carbocycles. The van der Waals surface area contributed by atoms with Gasteiger partial charge in [0.15, 0.2) is 5.82 Å². The van der Waals surface area contributed by atoms with Crippen molar-refractivity contribution in [3.63, 3.8) is 0 Å². The van der Waals surface area contributed by atoms with Gasteiger partial charge in [-0.2, -0.15) is 5.10 Å². The Balaban J connectivity index is 1.51. The van der Waals surface area contributed by atoms with Crippen molar-refractivity contribution in [2.75, 3.05) is 17.7 Å². The Morgan fingerprint density at radius 3 is 2.45 bits per heavy atom. The Labute approximate surface area is 168 Å². The Morgan fingerprint density at radius 2 is 1.76 bits per heavy atom. The van der Waals surface area contributed by atoms with Crippen molar-refractivity contribution in [2.45, 2.75) is 0 Å². The van der Waals surface area contributed by atoms with Crippen LogP contribution >= 0.6 is 11.3 Å². The molecule has 4 aromatic rings. The summed E-state index contributed by atoms with van der Waals surface area (Å²) in [5.74, 6) is -0.127. The monoisotopic (exact) mass is 410 g/mol. The van der Waals surface area contributed by atoms with E-state index in [1.165, 1.54) is 35.6 Å². The molecule has 146 valence electrons. The van der Waals surface area contributed by atoms with E-state index in [0.717, 1.165) is 0 Å². The molecule has 0 bridgehead atoms. The number of halogens is 1. The first-order valence-corrected chi connectivity index (χ1v) is 9.35. The number of benzene rings is 2. The van der Waals surface area contributed by atoms with Gasteiger partial charge in [-0.1, -0.05) is 0 Å². The highest BCUT2D eigenvalue weighted by atomic mass is 32.1. The molecular formula is C20H15FN4O3S. The number of carbonyl (C=O) groups is 2. The topological polar surface area (TPSA) is 96.1 Å². The Kier molecular flexibility index (Phi) is 4.96. The number of ether oxygens (including phenoxy) is 1. The summed E-state index contributed by atoms with van der Waals surface area (Å²) in [6.07, 6.45) is 0. The second-order valence-electron chi connectivity index (χ2n) is 6.07. The van der Waals surface area contributed by atoms with Crippen LogP contribution < -0.4 is 15.4 Å². The number of rotatable bonds is 5. The van der Waals surface area contributed by atoms with E-state index in [1.54, 1.807) is 37.4 Å². The number of fused-ring (bicyclic) bond motifs is 1. The van der Waals surface area contributed by atoms with Crippen LogP contribution in [0.2, 0.25) is 0 Å². The lowest BCUT2D eigenvalue weighted by Crippen LogP contribution is -2.12. The number of thiophene rings is 1. The lowest BCUT2D eigenvalue weighted by Gasteiger charge is -2.04. The molecule has 7 nitrogen and oxygen atoms in total. The fourth-order valence-corrected chi connectivity index (χ4v) is 3.57. The maximum absolute atomic E-state index is 13.0. The molecule has 4 rings (SSSR count). The maximum atomic E-state index is 13.0. The number of hydrogen-bond acceptors (Lipinski definition) is 5. The summed E-state index contributed by atoms with van der Waals surface area (Å²) in [7, 11) is 1.57. The molecule has 9 heteroatoms. The number of nitrogens with one attached hydrogen (secondary N) is 3. The number of H-pyrrole nitrogens is 1. The summed E-state index contributed by atoms with van der Waals surface area (Å²) in [5.41, 5.74) is 0.936. The van der Waals surface area contributed by atoms with Crippen molar-refractivity contribution >= 4 is 44.9 Å². The van der Waals surface area contributed by atoms with E-state index in [1.807, 2.05) is 0 Å². The predicted molar refractivity (Wildman–Crippen MR) is 109 cm³/mol. The van der Waals surface area contributed by atoms with Gasteiger partial charge >= 0.3 is 0 Å². The number of anilines is 2. The van der Waals surface area contributed by atoms with Gasteiger partial charge in [0.2, 0.25) is 0 Å². The van der Waals surface area contributed by atoms with Crippen LogP contribution in [0.5, 0.6) is 5.75 Å². The minimum Gasteiger partial charge on any atom is -0.497 e. The molecule has 0 unspecified atom stereocenters. The van der Waals surface area contributed by atoms with Crippen molar-refractivity contribution in [3.05, 3.63) is 70.9 Å². The summed E-state index contributed by atoms with van der Waals surface area (Å²) in [4.78, 5) is 26.0. The molecule has 29 heavy (non-hydrogen) atoms. The third kappa shape index (κ3) is 3.94. The van der Waals surface area contributed by atoms with E-state index in [9.17, 15) is 14.0 Å². The summed E-state index contributed by atoms with van der Waals surface area (Å²) < 4.78 is 18.1. The van der Waals surface area contributed by atoms with E-state index in [-0.39, 0.29) is 5.91 Å².